The van der Waals surface area contributed by atoms with Crippen molar-refractivity contribution in [3.63, 3.8) is 0 Å². The second-order valence-corrected chi connectivity index (χ2v) is 8.56. The number of hydrogen-bond acceptors (Lipinski definition) is 3. The number of carbonyl (C=O) groups is 1. The first-order valence-electron chi connectivity index (χ1n) is 11.4. The highest BCUT2D eigenvalue weighted by molar-refractivity contribution is 5.90. The molecule has 0 spiro atoms. The van der Waals surface area contributed by atoms with Crippen LogP contribution in [0.15, 0.2) is 79.1 Å². The molecule has 2 heterocycles. The summed E-state index contributed by atoms with van der Waals surface area (Å²) in [5.41, 5.74) is 7.78. The van der Waals surface area contributed by atoms with E-state index in [1.54, 1.807) is 11.6 Å². The molecule has 168 valence electrons. The first-order chi connectivity index (χ1) is 16.2. The monoisotopic (exact) mass is 440 g/mol. The number of H-pyrrole nitrogens is 1. The van der Waals surface area contributed by atoms with Crippen LogP contribution < -0.4 is 5.48 Å². The molecule has 1 aliphatic carbocycles. The van der Waals surface area contributed by atoms with Crippen LogP contribution in [0, 0.1) is 0 Å². The van der Waals surface area contributed by atoms with E-state index in [4.69, 9.17) is 5.21 Å². The summed E-state index contributed by atoms with van der Waals surface area (Å²) >= 11 is 0. The lowest BCUT2D eigenvalue weighted by Crippen LogP contribution is -2.30. The lowest BCUT2D eigenvalue weighted by atomic mass is 10.0. The standard InChI is InChI=1S/C27H28N4O2/c32-27(29-33)12-8-20-7-10-24-22(18-20)9-11-26(24)31(19-23-5-3-14-28-23)17-16-30-15-13-21-4-1-2-6-25(21)30/h1-8,10,12-15,18,26,28,33H,9,11,16-17,19H2,(H,29,32). The van der Waals surface area contributed by atoms with Crippen molar-refractivity contribution in [1.82, 2.24) is 19.9 Å². The predicted octanol–water partition coefficient (Wildman–Crippen LogP) is 4.68. The Bertz CT molecular complexity index is 1270. The van der Waals surface area contributed by atoms with Gasteiger partial charge in [0.1, 0.15) is 0 Å². The first kappa shape index (κ1) is 21.2. The molecule has 0 fully saturated rings. The van der Waals surface area contributed by atoms with Gasteiger partial charge in [0.05, 0.1) is 0 Å². The molecule has 2 aromatic carbocycles. The van der Waals surface area contributed by atoms with Crippen LogP contribution >= 0.6 is 0 Å². The maximum Gasteiger partial charge on any atom is 0.267 e. The van der Waals surface area contributed by atoms with E-state index < -0.39 is 5.91 Å². The Labute approximate surface area is 193 Å². The lowest BCUT2D eigenvalue weighted by molar-refractivity contribution is -0.124. The van der Waals surface area contributed by atoms with Crippen molar-refractivity contribution in [3.05, 3.63) is 102 Å². The van der Waals surface area contributed by atoms with Gasteiger partial charge in [-0.25, -0.2) is 5.48 Å². The third kappa shape index (κ3) is 4.62. The number of nitrogens with zero attached hydrogens (tertiary/aromatic N) is 2. The maximum atomic E-state index is 11.3. The zero-order valence-corrected chi connectivity index (χ0v) is 18.4. The average molecular weight is 441 g/mol. The largest absolute Gasteiger partial charge is 0.364 e. The van der Waals surface area contributed by atoms with Crippen LogP contribution in [0.2, 0.25) is 0 Å². The fourth-order valence-electron chi connectivity index (χ4n) is 4.91. The predicted molar refractivity (Wildman–Crippen MR) is 130 cm³/mol. The Morgan fingerprint density at radius 2 is 2.09 bits per heavy atom. The van der Waals surface area contributed by atoms with E-state index in [1.807, 2.05) is 12.3 Å². The molecule has 6 nitrogen and oxygen atoms in total. The number of carbonyl (C=O) groups excluding carboxylic acids is 1. The number of para-hydroxylation sites is 1. The van der Waals surface area contributed by atoms with E-state index in [1.165, 1.54) is 33.8 Å². The second kappa shape index (κ2) is 9.48. The number of nitrogens with one attached hydrogen (secondary N) is 2. The molecule has 0 aliphatic heterocycles. The number of hydroxylamine groups is 1. The van der Waals surface area contributed by atoms with Crippen LogP contribution in [0.4, 0.5) is 0 Å². The van der Waals surface area contributed by atoms with Gasteiger partial charge in [-0.15, -0.1) is 0 Å². The minimum Gasteiger partial charge on any atom is -0.364 e. The average Bonchev–Trinajstić information content (AvgIpc) is 3.60. The van der Waals surface area contributed by atoms with Gasteiger partial charge in [0.25, 0.3) is 5.91 Å². The van der Waals surface area contributed by atoms with Crippen LogP contribution in [0.5, 0.6) is 0 Å². The van der Waals surface area contributed by atoms with E-state index in [-0.39, 0.29) is 0 Å². The van der Waals surface area contributed by atoms with Crippen molar-refractivity contribution in [2.24, 2.45) is 0 Å². The number of rotatable bonds is 8. The van der Waals surface area contributed by atoms with Crippen LogP contribution in [0.25, 0.3) is 17.0 Å². The molecule has 2 aromatic heterocycles. The molecule has 1 unspecified atom stereocenters. The van der Waals surface area contributed by atoms with Crippen LogP contribution in [-0.4, -0.2) is 32.1 Å². The van der Waals surface area contributed by atoms with Crippen molar-refractivity contribution < 1.29 is 10.0 Å². The Kier molecular flexibility index (Phi) is 6.11. The van der Waals surface area contributed by atoms with Crippen molar-refractivity contribution in [2.75, 3.05) is 6.54 Å². The number of fused-ring (bicyclic) bond motifs is 2. The van der Waals surface area contributed by atoms with Crippen molar-refractivity contribution in [2.45, 2.75) is 32.0 Å². The van der Waals surface area contributed by atoms with Gasteiger partial charge in [-0.1, -0.05) is 36.4 Å². The van der Waals surface area contributed by atoms with Gasteiger partial charge < -0.3 is 9.55 Å². The summed E-state index contributed by atoms with van der Waals surface area (Å²) in [7, 11) is 0. The summed E-state index contributed by atoms with van der Waals surface area (Å²) in [4.78, 5) is 17.2. The molecule has 0 saturated carbocycles. The maximum absolute atomic E-state index is 11.3. The number of benzene rings is 2. The Hall–Kier alpha value is -3.61. The SMILES string of the molecule is O=C(C=Cc1ccc2c(c1)CCC2N(CCn1ccc2ccccc21)Cc1ccc[nH]1)NO. The highest BCUT2D eigenvalue weighted by Gasteiger charge is 2.28. The Morgan fingerprint density at radius 3 is 2.94 bits per heavy atom. The van der Waals surface area contributed by atoms with Gasteiger partial charge in [0, 0.05) is 55.4 Å². The fraction of sp³-hybridized carbons (Fsp3) is 0.222. The highest BCUT2D eigenvalue weighted by Crippen LogP contribution is 2.37. The van der Waals surface area contributed by atoms with E-state index in [0.717, 1.165) is 38.0 Å². The van der Waals surface area contributed by atoms with E-state index >= 15 is 0 Å². The quantitative estimate of drug-likeness (QED) is 0.212. The summed E-state index contributed by atoms with van der Waals surface area (Å²) in [6.07, 6.45) is 9.33. The minimum absolute atomic E-state index is 0.351. The molecule has 5 rings (SSSR count). The molecule has 0 saturated heterocycles. The normalized spacial score (nSPS) is 15.5. The molecule has 4 aromatic rings. The number of aromatic amines is 1. The number of aryl methyl sites for hydroxylation is 1. The lowest BCUT2D eigenvalue weighted by Gasteiger charge is -2.29. The van der Waals surface area contributed by atoms with Crippen LogP contribution in [-0.2, 0) is 24.3 Å². The van der Waals surface area contributed by atoms with Gasteiger partial charge in [-0.2, -0.15) is 0 Å². The smallest absolute Gasteiger partial charge is 0.267 e. The van der Waals surface area contributed by atoms with E-state index in [0.29, 0.717) is 6.04 Å². The molecule has 0 radical (unpaired) electrons. The summed E-state index contributed by atoms with van der Waals surface area (Å²) in [5, 5.41) is 9.96. The van der Waals surface area contributed by atoms with Crippen molar-refractivity contribution in [3.8, 4) is 0 Å². The molecule has 1 aliphatic rings. The molecular weight excluding hydrogens is 412 g/mol. The molecule has 0 bridgehead atoms. The van der Waals surface area contributed by atoms with Gasteiger partial charge in [-0.05, 0) is 65.3 Å². The third-order valence-electron chi connectivity index (χ3n) is 6.54. The molecule has 1 amide bonds. The van der Waals surface area contributed by atoms with E-state index in [9.17, 15) is 4.79 Å². The topological polar surface area (TPSA) is 73.3 Å². The van der Waals surface area contributed by atoms with E-state index in [2.05, 4.69) is 75.2 Å². The number of aromatic nitrogens is 2. The second-order valence-electron chi connectivity index (χ2n) is 8.56. The molecular formula is C27H28N4O2. The van der Waals surface area contributed by atoms with Gasteiger partial charge in [0.2, 0.25) is 0 Å². The number of hydrogen-bond donors (Lipinski definition) is 3. The third-order valence-corrected chi connectivity index (χ3v) is 6.54. The van der Waals surface area contributed by atoms with Crippen molar-refractivity contribution >= 4 is 22.9 Å². The highest BCUT2D eigenvalue weighted by atomic mass is 16.5. The van der Waals surface area contributed by atoms with Gasteiger partial charge >= 0.3 is 0 Å². The summed E-state index contributed by atoms with van der Waals surface area (Å²) in [6.45, 7) is 2.74. The number of amides is 1. The van der Waals surface area contributed by atoms with Crippen LogP contribution in [0.3, 0.4) is 0 Å². The molecule has 33 heavy (non-hydrogen) atoms. The van der Waals surface area contributed by atoms with Gasteiger partial charge in [-0.3, -0.25) is 14.9 Å². The fourth-order valence-corrected chi connectivity index (χ4v) is 4.91. The van der Waals surface area contributed by atoms with Gasteiger partial charge in [0.15, 0.2) is 0 Å². The summed E-state index contributed by atoms with van der Waals surface area (Å²) in [5.74, 6) is -0.525. The molecule has 1 atom stereocenters. The zero-order valence-electron chi connectivity index (χ0n) is 18.4. The van der Waals surface area contributed by atoms with Crippen molar-refractivity contribution in [1.29, 1.82) is 0 Å². The zero-order chi connectivity index (χ0) is 22.6. The molecule has 3 N–H and O–H groups in total. The Morgan fingerprint density at radius 1 is 1.18 bits per heavy atom. The summed E-state index contributed by atoms with van der Waals surface area (Å²) < 4.78 is 2.34. The minimum atomic E-state index is -0.525. The Balaban J connectivity index is 1.37. The van der Waals surface area contributed by atoms with Crippen LogP contribution in [0.1, 0.15) is 34.8 Å². The first-order valence-corrected chi connectivity index (χ1v) is 11.4. The molecule has 6 heteroatoms. The summed E-state index contributed by atoms with van der Waals surface area (Å²) in [6, 6.07) is 21.6.